The summed E-state index contributed by atoms with van der Waals surface area (Å²) in [6, 6.07) is 4.36. The summed E-state index contributed by atoms with van der Waals surface area (Å²) in [5.74, 6) is 0.0384. The van der Waals surface area contributed by atoms with Crippen molar-refractivity contribution in [2.75, 3.05) is 0 Å². The highest BCUT2D eigenvalue weighted by Crippen LogP contribution is 2.43. The molecule has 122 valence electrons. The predicted molar refractivity (Wildman–Crippen MR) is 79.9 cm³/mol. The molecule has 1 aliphatic carbocycles. The van der Waals surface area contributed by atoms with Gasteiger partial charge >= 0.3 is 6.36 Å². The van der Waals surface area contributed by atoms with E-state index in [9.17, 15) is 13.2 Å². The summed E-state index contributed by atoms with van der Waals surface area (Å²) in [5, 5.41) is 0. The van der Waals surface area contributed by atoms with Gasteiger partial charge in [-0.25, -0.2) is 0 Å². The van der Waals surface area contributed by atoms with Gasteiger partial charge in [-0.15, -0.1) is 13.2 Å². The maximum Gasteiger partial charge on any atom is 0.573 e. The molecule has 2 nitrogen and oxygen atoms in total. The van der Waals surface area contributed by atoms with Crippen LogP contribution in [0.1, 0.15) is 45.1 Å². The van der Waals surface area contributed by atoms with Gasteiger partial charge in [0.15, 0.2) is 11.5 Å². The molecule has 1 aliphatic rings. The predicted octanol–water partition coefficient (Wildman–Crippen LogP) is 5.58. The lowest BCUT2D eigenvalue weighted by Crippen LogP contribution is -2.38. The first-order valence-corrected chi connectivity index (χ1v) is 7.47. The van der Waals surface area contributed by atoms with Crippen molar-refractivity contribution in [1.29, 1.82) is 0 Å². The first-order valence-electron chi connectivity index (χ1n) is 7.47. The van der Waals surface area contributed by atoms with Crippen LogP contribution in [0.3, 0.4) is 0 Å². The van der Waals surface area contributed by atoms with Crippen LogP contribution in [0.15, 0.2) is 24.8 Å². The molecule has 0 spiro atoms. The number of benzene rings is 1. The van der Waals surface area contributed by atoms with E-state index in [1.54, 1.807) is 12.1 Å². The maximum absolute atomic E-state index is 12.6. The molecular formula is C17H21F3O2. The van der Waals surface area contributed by atoms with E-state index < -0.39 is 12.0 Å². The summed E-state index contributed by atoms with van der Waals surface area (Å²) in [6.45, 7) is 7.71. The Labute approximate surface area is 128 Å². The molecule has 0 unspecified atom stereocenters. The highest BCUT2D eigenvalue weighted by atomic mass is 19.4. The van der Waals surface area contributed by atoms with Gasteiger partial charge in [0.25, 0.3) is 0 Å². The lowest BCUT2D eigenvalue weighted by molar-refractivity contribution is -0.275. The van der Waals surface area contributed by atoms with Crippen molar-refractivity contribution >= 4 is 6.08 Å². The quantitative estimate of drug-likeness (QED) is 0.706. The second kappa shape index (κ2) is 6.23. The topological polar surface area (TPSA) is 18.5 Å². The van der Waals surface area contributed by atoms with Gasteiger partial charge in [-0.2, -0.15) is 0 Å². The van der Waals surface area contributed by atoms with Crippen LogP contribution in [0, 0.1) is 5.92 Å². The van der Waals surface area contributed by atoms with E-state index in [4.69, 9.17) is 4.74 Å². The molecule has 0 saturated heterocycles. The Morgan fingerprint density at radius 3 is 2.32 bits per heavy atom. The van der Waals surface area contributed by atoms with Crippen molar-refractivity contribution in [3.05, 3.63) is 30.3 Å². The highest BCUT2D eigenvalue weighted by Gasteiger charge is 2.40. The Morgan fingerprint density at radius 2 is 1.82 bits per heavy atom. The van der Waals surface area contributed by atoms with Crippen LogP contribution >= 0.6 is 0 Å². The minimum atomic E-state index is -4.74. The van der Waals surface area contributed by atoms with Gasteiger partial charge in [0.1, 0.15) is 5.60 Å². The summed E-state index contributed by atoms with van der Waals surface area (Å²) in [4.78, 5) is 0. The number of hydrogen-bond donors (Lipinski definition) is 0. The molecule has 0 bridgehead atoms. The number of halogens is 3. The van der Waals surface area contributed by atoms with Gasteiger partial charge in [0.2, 0.25) is 0 Å². The Balaban J connectivity index is 2.36. The standard InChI is InChI=1S/C17H21F3O2/c1-4-13-7-8-14(22-17(18,19)20)15(11-13)21-16(12(2)3)9-5-6-10-16/h4,7-8,11-12H,1,5-6,9-10H2,2-3H3. The van der Waals surface area contributed by atoms with Crippen LogP contribution in [-0.2, 0) is 0 Å². The van der Waals surface area contributed by atoms with E-state index in [0.717, 1.165) is 25.7 Å². The second-order valence-electron chi connectivity index (χ2n) is 5.99. The Morgan fingerprint density at radius 1 is 1.18 bits per heavy atom. The average molecular weight is 314 g/mol. The van der Waals surface area contributed by atoms with Gasteiger partial charge in [-0.3, -0.25) is 0 Å². The SMILES string of the molecule is C=Cc1ccc(OC(F)(F)F)c(OC2(C(C)C)CCCC2)c1. The number of alkyl halides is 3. The van der Waals surface area contributed by atoms with Crippen molar-refractivity contribution in [1.82, 2.24) is 0 Å². The molecule has 1 saturated carbocycles. The number of ether oxygens (including phenoxy) is 2. The van der Waals surface area contributed by atoms with E-state index in [1.165, 1.54) is 12.1 Å². The molecule has 0 heterocycles. The maximum atomic E-state index is 12.6. The van der Waals surface area contributed by atoms with Crippen LogP contribution in [0.4, 0.5) is 13.2 Å². The highest BCUT2D eigenvalue weighted by molar-refractivity contribution is 5.54. The van der Waals surface area contributed by atoms with Crippen LogP contribution in [-0.4, -0.2) is 12.0 Å². The molecule has 1 aromatic rings. The average Bonchev–Trinajstić information content (AvgIpc) is 2.89. The molecule has 0 radical (unpaired) electrons. The molecule has 1 fully saturated rings. The van der Waals surface area contributed by atoms with Crippen LogP contribution in [0.5, 0.6) is 11.5 Å². The van der Waals surface area contributed by atoms with Crippen molar-refractivity contribution in [2.24, 2.45) is 5.92 Å². The van der Waals surface area contributed by atoms with Crippen molar-refractivity contribution in [2.45, 2.75) is 51.5 Å². The molecule has 0 aromatic heterocycles. The molecule has 22 heavy (non-hydrogen) atoms. The summed E-state index contributed by atoms with van der Waals surface area (Å²) < 4.78 is 47.9. The third-order valence-corrected chi connectivity index (χ3v) is 4.24. The smallest absolute Gasteiger partial charge is 0.483 e. The summed E-state index contributed by atoms with van der Waals surface area (Å²) in [5.41, 5.74) is 0.269. The van der Waals surface area contributed by atoms with Crippen LogP contribution in [0.25, 0.3) is 6.08 Å². The molecule has 1 aromatic carbocycles. The molecule has 0 aliphatic heterocycles. The first-order chi connectivity index (χ1) is 10.3. The van der Waals surface area contributed by atoms with Gasteiger partial charge in [0, 0.05) is 0 Å². The Kier molecular flexibility index (Phi) is 4.73. The fraction of sp³-hybridized carbons (Fsp3) is 0.529. The molecule has 5 heteroatoms. The monoisotopic (exact) mass is 314 g/mol. The number of hydrogen-bond acceptors (Lipinski definition) is 2. The van der Waals surface area contributed by atoms with Gasteiger partial charge < -0.3 is 9.47 Å². The van der Waals surface area contributed by atoms with Crippen LogP contribution < -0.4 is 9.47 Å². The minimum absolute atomic E-state index is 0.130. The normalized spacial score (nSPS) is 17.5. The van der Waals surface area contributed by atoms with Gasteiger partial charge in [0.05, 0.1) is 0 Å². The van der Waals surface area contributed by atoms with Gasteiger partial charge in [-0.1, -0.05) is 32.6 Å². The summed E-state index contributed by atoms with van der Waals surface area (Å²) in [6.07, 6.45) is 0.557. The first kappa shape index (κ1) is 16.7. The zero-order valence-electron chi connectivity index (χ0n) is 12.9. The summed E-state index contributed by atoms with van der Waals surface area (Å²) >= 11 is 0. The van der Waals surface area contributed by atoms with Crippen molar-refractivity contribution in [3.63, 3.8) is 0 Å². The van der Waals surface area contributed by atoms with E-state index in [1.807, 2.05) is 13.8 Å². The third-order valence-electron chi connectivity index (χ3n) is 4.24. The van der Waals surface area contributed by atoms with E-state index >= 15 is 0 Å². The fourth-order valence-corrected chi connectivity index (χ4v) is 2.93. The zero-order valence-corrected chi connectivity index (χ0v) is 12.9. The lowest BCUT2D eigenvalue weighted by Gasteiger charge is -2.35. The van der Waals surface area contributed by atoms with E-state index in [-0.39, 0.29) is 17.4 Å². The Bertz CT molecular complexity index is 529. The third kappa shape index (κ3) is 3.76. The lowest BCUT2D eigenvalue weighted by atomic mass is 9.88. The molecule has 2 rings (SSSR count). The number of rotatable bonds is 5. The molecule has 0 amide bonds. The van der Waals surface area contributed by atoms with E-state index in [0.29, 0.717) is 5.56 Å². The molecular weight excluding hydrogens is 293 g/mol. The molecule has 0 atom stereocenters. The van der Waals surface area contributed by atoms with E-state index in [2.05, 4.69) is 11.3 Å². The van der Waals surface area contributed by atoms with Crippen molar-refractivity contribution < 1.29 is 22.6 Å². The Hall–Kier alpha value is -1.65. The summed E-state index contributed by atoms with van der Waals surface area (Å²) in [7, 11) is 0. The largest absolute Gasteiger partial charge is 0.573 e. The van der Waals surface area contributed by atoms with Gasteiger partial charge in [-0.05, 0) is 49.3 Å². The van der Waals surface area contributed by atoms with Crippen LogP contribution in [0.2, 0.25) is 0 Å². The fourth-order valence-electron chi connectivity index (χ4n) is 2.93. The molecule has 0 N–H and O–H groups in total. The minimum Gasteiger partial charge on any atom is -0.483 e. The zero-order chi connectivity index (χ0) is 16.4. The van der Waals surface area contributed by atoms with Crippen molar-refractivity contribution in [3.8, 4) is 11.5 Å². The second-order valence-corrected chi connectivity index (χ2v) is 5.99.